The number of hydrogen-bond donors (Lipinski definition) is 3. The molecule has 30 heteroatoms. The lowest BCUT2D eigenvalue weighted by atomic mass is 10.1. The van der Waals surface area contributed by atoms with E-state index in [1.807, 2.05) is 130 Å². The van der Waals surface area contributed by atoms with Crippen molar-refractivity contribution in [1.82, 2.24) is 72.9 Å². The molecule has 0 radical (unpaired) electrons. The average Bonchev–Trinajstić information content (AvgIpc) is 1.62. The Labute approximate surface area is 709 Å². The Morgan fingerprint density at radius 2 is 0.748 bits per heavy atom. The Balaban J connectivity index is 0.000000133. The summed E-state index contributed by atoms with van der Waals surface area (Å²) in [6.45, 7) is 8.47. The molecule has 9 aromatic heterocycles. The number of nitrogens with zero attached hydrogens (tertiary/aromatic N) is 15. The summed E-state index contributed by atoms with van der Waals surface area (Å²) < 4.78 is 124. The number of hydrogen-bond acceptors (Lipinski definition) is 21. The number of fused-ring (bicyclic) bond motifs is 3. The van der Waals surface area contributed by atoms with Crippen LogP contribution in [-0.4, -0.2) is 113 Å². The smallest absolute Gasteiger partial charge is 0.164 e. The molecule has 123 heavy (non-hydrogen) atoms. The van der Waals surface area contributed by atoms with Crippen LogP contribution in [0.25, 0.3) is 66.9 Å². The maximum Gasteiger partial charge on any atom is 0.164 e. The van der Waals surface area contributed by atoms with E-state index < -0.39 is 24.0 Å². The molecule has 16 aromatic rings. The summed E-state index contributed by atoms with van der Waals surface area (Å²) in [5.41, 5.74) is 29.0. The normalized spacial score (nSPS) is 14.4. The van der Waals surface area contributed by atoms with Crippen molar-refractivity contribution in [3.63, 3.8) is 0 Å². The molecule has 6 N–H and O–H groups in total. The van der Waals surface area contributed by atoms with Gasteiger partial charge in [-0.25, -0.2) is 57.1 Å². The van der Waals surface area contributed by atoms with E-state index in [0.29, 0.717) is 162 Å². The van der Waals surface area contributed by atoms with Crippen molar-refractivity contribution in [2.45, 2.75) is 103 Å². The number of rotatable bonds is 25. The minimum absolute atomic E-state index is 0.00147. The Kier molecular flexibility index (Phi) is 23.9. The lowest BCUT2D eigenvalue weighted by molar-refractivity contribution is 0.0673. The van der Waals surface area contributed by atoms with Gasteiger partial charge in [0.2, 0.25) is 0 Å². The summed E-state index contributed by atoms with van der Waals surface area (Å²) in [5.74, 6) is 3.27. The highest BCUT2D eigenvalue weighted by Gasteiger charge is 2.29. The second kappa shape index (κ2) is 37.3. The number of benzene rings is 7. The van der Waals surface area contributed by atoms with Gasteiger partial charge in [0.05, 0.1) is 54.1 Å². The van der Waals surface area contributed by atoms with Crippen molar-refractivity contribution in [3.8, 4) is 85.5 Å². The van der Waals surface area contributed by atoms with E-state index in [4.69, 9.17) is 77.9 Å². The zero-order valence-electron chi connectivity index (χ0n) is 69.8. The molecule has 0 atom stereocenters. The van der Waals surface area contributed by atoms with Crippen LogP contribution in [0.4, 0.5) is 30.6 Å². The molecular weight excluding hydrogens is 1570 g/mol. The van der Waals surface area contributed by atoms with Crippen molar-refractivity contribution in [2.75, 3.05) is 56.8 Å². The second-order valence-corrected chi connectivity index (χ2v) is 30.5. The number of halogens is 3. The number of anilines is 3. The van der Waals surface area contributed by atoms with Gasteiger partial charge in [-0.05, 0) is 159 Å². The van der Waals surface area contributed by atoms with Gasteiger partial charge in [0, 0.05) is 150 Å². The number of nitrogens with two attached hydrogens (primary N) is 3. The molecule has 27 nitrogen and oxygen atoms in total. The highest BCUT2D eigenvalue weighted by molar-refractivity contribution is 6.00. The second-order valence-electron chi connectivity index (χ2n) is 30.5. The molecule has 3 aliphatic heterocycles. The lowest BCUT2D eigenvalue weighted by Crippen LogP contribution is -2.20. The summed E-state index contributed by atoms with van der Waals surface area (Å²) in [6.07, 6.45) is 15.2. The van der Waals surface area contributed by atoms with Crippen LogP contribution >= 0.6 is 0 Å². The number of ether oxygens (including phenoxy) is 9. The topological polar surface area (TPSA) is 307 Å². The lowest BCUT2D eigenvalue weighted by Gasteiger charge is -2.22. The van der Waals surface area contributed by atoms with Crippen LogP contribution in [0.1, 0.15) is 95.9 Å². The summed E-state index contributed by atoms with van der Waals surface area (Å²) in [7, 11) is 1.71. The predicted octanol–water partition coefficient (Wildman–Crippen LogP) is 18.5. The monoisotopic (exact) mass is 1660 g/mol. The fourth-order valence-corrected chi connectivity index (χ4v) is 15.3. The van der Waals surface area contributed by atoms with E-state index >= 15 is 0 Å². The van der Waals surface area contributed by atoms with Crippen LogP contribution in [0, 0.1) is 23.4 Å². The van der Waals surface area contributed by atoms with Gasteiger partial charge in [-0.1, -0.05) is 44.2 Å². The molecule has 3 saturated heterocycles. The highest BCUT2D eigenvalue weighted by Crippen LogP contribution is 2.41. The van der Waals surface area contributed by atoms with Gasteiger partial charge < -0.3 is 73.5 Å². The number of nitrogen functional groups attached to an aromatic ring is 3. The molecule has 3 fully saturated rings. The summed E-state index contributed by atoms with van der Waals surface area (Å²) in [6, 6.07) is 56.5. The molecule has 0 bridgehead atoms. The standard InChI is InChI=1S/C34H31FN6O3.C31H33FN6O3.C28H27FN6O3/c35-25-17-29(43-21-27-7-4-14-40(27)20-23-5-2-1-3-6-23)19-30(18-25)44-28-10-8-24(9-11-28)32-31-33(36)37-22-38-34(31)41(39-32)26-12-15-42-16-13-26;1-20(2)17-37-11-3-4-24(37)18-40-26-14-22(32)15-27(16-26)41-25-7-5-21(6-8-25)29-28-30(33)34-19-35-31(28)38(36-29)23-9-12-39-13-10-23;1-34-10-2-3-21(34)16-37-23-13-19(29)14-24(15-23)38-22-6-4-18(5-7-22)26-25-27(30)31-17-32-28(25)35(33-26)20-8-11-36-12-9-20/h1-11,14,17-19,22,26H,12-13,15-16,20-21H2,(H2,36,37,38);3-8,11,14-16,19-20,23H,9-10,12-13,17-18H2,1-2H3,(H2,33,34,35);2-7,10,13-15,17,20H,8-9,11-12,16H2,1H3,(H2,30,31,32)/i;;16D2. The number of aryl methyl sites for hydroxylation is 1. The molecule has 12 heterocycles. The summed E-state index contributed by atoms with van der Waals surface area (Å²) >= 11 is 0. The Bertz CT molecular complexity index is 6410. The minimum Gasteiger partial charge on any atom is -0.487 e. The molecule has 3 aliphatic rings. The quantitative estimate of drug-likeness (QED) is 0.0479. The Morgan fingerprint density at radius 1 is 0.398 bits per heavy atom. The third-order valence-electron chi connectivity index (χ3n) is 21.4. The van der Waals surface area contributed by atoms with Crippen molar-refractivity contribution < 1.29 is 58.5 Å². The predicted molar refractivity (Wildman–Crippen MR) is 460 cm³/mol. The minimum atomic E-state index is -2.17. The van der Waals surface area contributed by atoms with Crippen LogP contribution in [0.15, 0.2) is 232 Å². The van der Waals surface area contributed by atoms with Gasteiger partial charge in [0.25, 0.3) is 0 Å². The van der Waals surface area contributed by atoms with E-state index in [-0.39, 0.29) is 29.6 Å². The molecule has 0 saturated carbocycles. The SMILES string of the molecule is CC(C)Cn1cccc1COc1cc(F)cc(Oc2ccc(-c3nn(C4CCOCC4)c4ncnc(N)c34)cc2)c1.Nc1ncnc2c1c(-c1ccc(Oc3cc(F)cc(OCc4cccn4Cc4ccccc4)c3)cc1)nn2C1CCOCC1.[2H]C([2H])(Oc1cc(F)cc(Oc2ccc(-c3nn(C4CCOCC4)c4ncnc(N)c34)cc2)c1)c1cccn1C. The van der Waals surface area contributed by atoms with Gasteiger partial charge in [-0.3, -0.25) is 0 Å². The van der Waals surface area contributed by atoms with Crippen molar-refractivity contribution >= 4 is 50.6 Å². The van der Waals surface area contributed by atoms with E-state index in [2.05, 4.69) is 65.0 Å². The Morgan fingerprint density at radius 3 is 1.12 bits per heavy atom. The first-order valence-electron chi connectivity index (χ1n) is 41.7. The van der Waals surface area contributed by atoms with Gasteiger partial charge in [0.15, 0.2) is 16.9 Å². The average molecular weight is 1660 g/mol. The zero-order chi connectivity index (χ0) is 86.1. The van der Waals surface area contributed by atoms with Gasteiger partial charge in [0.1, 0.15) is 142 Å². The Hall–Kier alpha value is -14.1. The first kappa shape index (κ1) is 78.7. The van der Waals surface area contributed by atoms with Gasteiger partial charge in [-0.2, -0.15) is 15.3 Å². The van der Waals surface area contributed by atoms with Crippen LogP contribution in [0.2, 0.25) is 0 Å². The fraction of sp³-hybridized carbons (Fsp3) is 0.258. The van der Waals surface area contributed by atoms with Crippen LogP contribution in [-0.2, 0) is 54.1 Å². The van der Waals surface area contributed by atoms with E-state index in [9.17, 15) is 13.2 Å². The molecule has 0 aliphatic carbocycles. The molecular formula is C93H91F3N18O9. The van der Waals surface area contributed by atoms with Gasteiger partial charge in [-0.15, -0.1) is 0 Å². The van der Waals surface area contributed by atoms with Crippen molar-refractivity contribution in [1.29, 1.82) is 0 Å². The van der Waals surface area contributed by atoms with E-state index in [0.717, 1.165) is 96.5 Å². The van der Waals surface area contributed by atoms with Crippen molar-refractivity contribution in [3.05, 3.63) is 272 Å². The first-order valence-corrected chi connectivity index (χ1v) is 40.7. The van der Waals surface area contributed by atoms with Crippen molar-refractivity contribution in [2.24, 2.45) is 13.0 Å². The largest absolute Gasteiger partial charge is 0.487 e. The third kappa shape index (κ3) is 19.2. The zero-order valence-corrected chi connectivity index (χ0v) is 67.8. The maximum absolute atomic E-state index is 14.6. The van der Waals surface area contributed by atoms with Crippen LogP contribution < -0.4 is 45.6 Å². The summed E-state index contributed by atoms with van der Waals surface area (Å²) in [4.78, 5) is 26.1. The van der Waals surface area contributed by atoms with E-state index in [1.54, 1.807) is 54.2 Å². The molecule has 0 unspecified atom stereocenters. The van der Waals surface area contributed by atoms with Crippen LogP contribution in [0.5, 0.6) is 51.7 Å². The molecule has 7 aromatic carbocycles. The van der Waals surface area contributed by atoms with E-state index in [1.165, 1.54) is 60.9 Å². The number of aromatic nitrogens is 15. The fourth-order valence-electron chi connectivity index (χ4n) is 15.3. The van der Waals surface area contributed by atoms with Gasteiger partial charge >= 0.3 is 0 Å². The molecule has 628 valence electrons. The first-order chi connectivity index (χ1) is 60.8. The molecule has 0 spiro atoms. The maximum atomic E-state index is 14.6. The summed E-state index contributed by atoms with van der Waals surface area (Å²) in [5, 5.41) is 16.8. The third-order valence-corrected chi connectivity index (χ3v) is 21.4. The highest BCUT2D eigenvalue weighted by atomic mass is 19.1. The molecule has 19 rings (SSSR count). The van der Waals surface area contributed by atoms with Crippen LogP contribution in [0.3, 0.4) is 0 Å². The molecule has 0 amide bonds.